The number of aromatic nitrogens is 1. The van der Waals surface area contributed by atoms with Gasteiger partial charge in [0, 0.05) is 38.9 Å². The molecule has 1 aliphatic carbocycles. The first kappa shape index (κ1) is 22.2. The monoisotopic (exact) mass is 487 g/mol. The van der Waals surface area contributed by atoms with Crippen LogP contribution in [0.15, 0.2) is 23.3 Å². The maximum absolute atomic E-state index is 5.63. The highest BCUT2D eigenvalue weighted by Crippen LogP contribution is 2.23. The summed E-state index contributed by atoms with van der Waals surface area (Å²) in [7, 11) is 1.84. The van der Waals surface area contributed by atoms with Crippen LogP contribution in [0.3, 0.4) is 0 Å². The number of pyridine rings is 1. The standard InChI is InChI=1S/C20H33N5O.HI/c1-15-4-6-18(7-5-15)24-20(21-3)23-13-17-8-9-22-19(12-17)25-10-11-26-16(2)14-25;/h8-9,12,15-16,18H,4-7,10-11,13-14H2,1-3H3,(H2,21,23,24);1H. The maximum Gasteiger partial charge on any atom is 0.191 e. The Labute approximate surface area is 180 Å². The van der Waals surface area contributed by atoms with Gasteiger partial charge >= 0.3 is 0 Å². The summed E-state index contributed by atoms with van der Waals surface area (Å²) < 4.78 is 5.63. The fraction of sp³-hybridized carbons (Fsp3) is 0.700. The lowest BCUT2D eigenvalue weighted by Gasteiger charge is -2.32. The Morgan fingerprint density at radius 1 is 1.30 bits per heavy atom. The summed E-state index contributed by atoms with van der Waals surface area (Å²) in [5, 5.41) is 7.03. The number of hydrogen-bond acceptors (Lipinski definition) is 4. The number of halogens is 1. The van der Waals surface area contributed by atoms with E-state index in [2.05, 4.69) is 51.5 Å². The van der Waals surface area contributed by atoms with Gasteiger partial charge in [-0.1, -0.05) is 6.92 Å². The zero-order valence-electron chi connectivity index (χ0n) is 16.8. The van der Waals surface area contributed by atoms with Gasteiger partial charge in [0.1, 0.15) is 5.82 Å². The molecule has 1 aromatic rings. The van der Waals surface area contributed by atoms with Crippen molar-refractivity contribution in [1.29, 1.82) is 0 Å². The summed E-state index contributed by atoms with van der Waals surface area (Å²) in [5.74, 6) is 2.78. The van der Waals surface area contributed by atoms with Gasteiger partial charge in [0.05, 0.1) is 12.7 Å². The zero-order valence-corrected chi connectivity index (χ0v) is 19.1. The van der Waals surface area contributed by atoms with Crippen molar-refractivity contribution in [2.75, 3.05) is 31.6 Å². The molecular weight excluding hydrogens is 453 g/mol. The average Bonchev–Trinajstić information content (AvgIpc) is 2.67. The molecule has 1 saturated carbocycles. The summed E-state index contributed by atoms with van der Waals surface area (Å²) in [6.07, 6.45) is 7.23. The average molecular weight is 487 g/mol. The molecule has 6 nitrogen and oxygen atoms in total. The Morgan fingerprint density at radius 2 is 2.07 bits per heavy atom. The molecule has 0 bridgehead atoms. The number of aliphatic imine (C=N–C) groups is 1. The van der Waals surface area contributed by atoms with Gasteiger partial charge in [-0.15, -0.1) is 24.0 Å². The molecule has 0 radical (unpaired) electrons. The Bertz CT molecular complexity index is 604. The van der Waals surface area contributed by atoms with Gasteiger partial charge in [-0.2, -0.15) is 0 Å². The molecule has 27 heavy (non-hydrogen) atoms. The van der Waals surface area contributed by atoms with Gasteiger partial charge in [0.15, 0.2) is 5.96 Å². The molecule has 2 heterocycles. The lowest BCUT2D eigenvalue weighted by Crippen LogP contribution is -2.44. The summed E-state index contributed by atoms with van der Waals surface area (Å²) >= 11 is 0. The number of rotatable bonds is 4. The van der Waals surface area contributed by atoms with Crippen LogP contribution in [0.4, 0.5) is 5.82 Å². The molecule has 1 unspecified atom stereocenters. The largest absolute Gasteiger partial charge is 0.375 e. The summed E-state index contributed by atoms with van der Waals surface area (Å²) in [5.41, 5.74) is 1.22. The van der Waals surface area contributed by atoms with Crippen LogP contribution < -0.4 is 15.5 Å². The van der Waals surface area contributed by atoms with Gasteiger partial charge in [-0.05, 0) is 56.2 Å². The fourth-order valence-corrected chi connectivity index (χ4v) is 3.75. The Hall–Kier alpha value is -1.09. The minimum atomic E-state index is 0. The highest BCUT2D eigenvalue weighted by atomic mass is 127. The van der Waals surface area contributed by atoms with Crippen LogP contribution in [-0.4, -0.2) is 49.8 Å². The molecular formula is C20H34IN5O. The maximum atomic E-state index is 5.63. The molecule has 2 fully saturated rings. The molecule has 1 aromatic heterocycles. The molecule has 0 amide bonds. The van der Waals surface area contributed by atoms with Crippen molar-refractivity contribution in [2.24, 2.45) is 10.9 Å². The first-order valence-corrected chi connectivity index (χ1v) is 9.92. The van der Waals surface area contributed by atoms with E-state index in [4.69, 9.17) is 4.74 Å². The van der Waals surface area contributed by atoms with Crippen molar-refractivity contribution < 1.29 is 4.74 Å². The number of nitrogens with zero attached hydrogens (tertiary/aromatic N) is 3. The number of ether oxygens (including phenoxy) is 1. The van der Waals surface area contributed by atoms with Crippen LogP contribution in [0.25, 0.3) is 0 Å². The van der Waals surface area contributed by atoms with Crippen molar-refractivity contribution in [3.05, 3.63) is 23.9 Å². The lowest BCUT2D eigenvalue weighted by atomic mass is 9.87. The van der Waals surface area contributed by atoms with Crippen molar-refractivity contribution in [2.45, 2.75) is 58.2 Å². The van der Waals surface area contributed by atoms with E-state index in [-0.39, 0.29) is 30.1 Å². The van der Waals surface area contributed by atoms with E-state index in [9.17, 15) is 0 Å². The van der Waals surface area contributed by atoms with E-state index in [0.29, 0.717) is 6.04 Å². The molecule has 1 aliphatic heterocycles. The van der Waals surface area contributed by atoms with Crippen LogP contribution in [0, 0.1) is 5.92 Å². The number of anilines is 1. The van der Waals surface area contributed by atoms with Crippen LogP contribution in [0.2, 0.25) is 0 Å². The Kier molecular flexibility index (Phi) is 9.08. The third-order valence-corrected chi connectivity index (χ3v) is 5.42. The minimum Gasteiger partial charge on any atom is -0.375 e. The molecule has 0 aromatic carbocycles. The van der Waals surface area contributed by atoms with E-state index in [0.717, 1.165) is 43.9 Å². The van der Waals surface area contributed by atoms with Crippen molar-refractivity contribution in [1.82, 2.24) is 15.6 Å². The molecule has 7 heteroatoms. The second-order valence-corrected chi connectivity index (χ2v) is 7.68. The van der Waals surface area contributed by atoms with Gasteiger partial charge in [0.25, 0.3) is 0 Å². The second-order valence-electron chi connectivity index (χ2n) is 7.68. The highest BCUT2D eigenvalue weighted by molar-refractivity contribution is 14.0. The van der Waals surface area contributed by atoms with Crippen LogP contribution >= 0.6 is 24.0 Å². The van der Waals surface area contributed by atoms with Crippen molar-refractivity contribution in [3.8, 4) is 0 Å². The SMILES string of the molecule is CN=C(NCc1ccnc(N2CCOC(C)C2)c1)NC1CCC(C)CC1.I. The van der Waals surface area contributed by atoms with E-state index < -0.39 is 0 Å². The smallest absolute Gasteiger partial charge is 0.191 e. The van der Waals surface area contributed by atoms with Gasteiger partial charge in [-0.25, -0.2) is 4.98 Å². The third kappa shape index (κ3) is 6.78. The molecule has 152 valence electrons. The summed E-state index contributed by atoms with van der Waals surface area (Å²) in [6, 6.07) is 4.77. The Balaban J connectivity index is 0.00000261. The predicted molar refractivity (Wildman–Crippen MR) is 122 cm³/mol. The quantitative estimate of drug-likeness (QED) is 0.388. The molecule has 3 rings (SSSR count). The number of morpholine rings is 1. The molecule has 2 aliphatic rings. The third-order valence-electron chi connectivity index (χ3n) is 5.42. The van der Waals surface area contributed by atoms with Crippen LogP contribution in [0.5, 0.6) is 0 Å². The lowest BCUT2D eigenvalue weighted by molar-refractivity contribution is 0.0529. The van der Waals surface area contributed by atoms with Gasteiger partial charge in [-0.3, -0.25) is 4.99 Å². The van der Waals surface area contributed by atoms with Crippen LogP contribution in [-0.2, 0) is 11.3 Å². The van der Waals surface area contributed by atoms with Gasteiger partial charge < -0.3 is 20.3 Å². The topological polar surface area (TPSA) is 61.8 Å². The molecule has 0 spiro atoms. The first-order valence-electron chi connectivity index (χ1n) is 9.92. The van der Waals surface area contributed by atoms with E-state index in [1.54, 1.807) is 0 Å². The Morgan fingerprint density at radius 3 is 2.78 bits per heavy atom. The molecule has 2 N–H and O–H groups in total. The van der Waals surface area contributed by atoms with Gasteiger partial charge in [0.2, 0.25) is 0 Å². The predicted octanol–water partition coefficient (Wildman–Crippen LogP) is 3.17. The molecule has 1 saturated heterocycles. The summed E-state index contributed by atoms with van der Waals surface area (Å²) in [4.78, 5) is 11.2. The fourth-order valence-electron chi connectivity index (χ4n) is 3.75. The van der Waals surface area contributed by atoms with E-state index >= 15 is 0 Å². The second kappa shape index (κ2) is 11.0. The zero-order chi connectivity index (χ0) is 18.4. The minimum absolute atomic E-state index is 0. The number of hydrogen-bond donors (Lipinski definition) is 2. The number of nitrogens with one attached hydrogen (secondary N) is 2. The van der Waals surface area contributed by atoms with Crippen LogP contribution in [0.1, 0.15) is 45.1 Å². The molecule has 1 atom stereocenters. The number of guanidine groups is 1. The normalized spacial score (nSPS) is 26.3. The van der Waals surface area contributed by atoms with Crippen molar-refractivity contribution in [3.63, 3.8) is 0 Å². The van der Waals surface area contributed by atoms with Crippen molar-refractivity contribution >= 4 is 35.8 Å². The van der Waals surface area contributed by atoms with E-state index in [1.807, 2.05) is 13.2 Å². The highest BCUT2D eigenvalue weighted by Gasteiger charge is 2.19. The summed E-state index contributed by atoms with van der Waals surface area (Å²) in [6.45, 7) is 7.77. The van der Waals surface area contributed by atoms with E-state index in [1.165, 1.54) is 31.2 Å². The first-order chi connectivity index (χ1) is 12.6.